The zero-order valence-electron chi connectivity index (χ0n) is 12.9. The monoisotopic (exact) mass is 369 g/mol. The number of hydrogen-bond donors (Lipinski definition) is 2. The van der Waals surface area contributed by atoms with Crippen LogP contribution in [-0.2, 0) is 14.3 Å². The number of ether oxygens (including phenoxy) is 1. The maximum Gasteiger partial charge on any atom is 0.309 e. The number of methoxy groups -OCH3 is 1. The molecule has 0 unspecified atom stereocenters. The molecule has 0 spiro atoms. The zero-order valence-corrected chi connectivity index (χ0v) is 14.5. The summed E-state index contributed by atoms with van der Waals surface area (Å²) in [4.78, 5) is 25.1. The number of hydrogen-bond acceptors (Lipinski definition) is 3. The molecule has 1 amide bonds. The van der Waals surface area contributed by atoms with Crippen molar-refractivity contribution in [2.75, 3.05) is 25.5 Å². The maximum atomic E-state index is 12.3. The van der Waals surface area contributed by atoms with Crippen LogP contribution in [0.5, 0.6) is 0 Å². The van der Waals surface area contributed by atoms with Crippen molar-refractivity contribution in [3.63, 3.8) is 0 Å². The van der Waals surface area contributed by atoms with Gasteiger partial charge in [-0.2, -0.15) is 0 Å². The van der Waals surface area contributed by atoms with Gasteiger partial charge in [0.25, 0.3) is 5.91 Å². The molecule has 1 aromatic carbocycles. The van der Waals surface area contributed by atoms with Crippen molar-refractivity contribution in [2.45, 2.75) is 25.8 Å². The van der Waals surface area contributed by atoms with Gasteiger partial charge in [0.2, 0.25) is 0 Å². The van der Waals surface area contributed by atoms with Crippen LogP contribution in [0.25, 0.3) is 0 Å². The van der Waals surface area contributed by atoms with Gasteiger partial charge < -0.3 is 15.0 Å². The van der Waals surface area contributed by atoms with Crippen LogP contribution in [0.4, 0.5) is 5.69 Å². The quantitative estimate of drug-likeness (QED) is 0.785. The van der Waals surface area contributed by atoms with E-state index >= 15 is 0 Å². The molecule has 1 aliphatic heterocycles. The van der Waals surface area contributed by atoms with E-state index in [9.17, 15) is 9.59 Å². The van der Waals surface area contributed by atoms with Gasteiger partial charge in [0.15, 0.2) is 6.04 Å². The van der Waals surface area contributed by atoms with Gasteiger partial charge in [0, 0.05) is 23.0 Å². The van der Waals surface area contributed by atoms with E-state index in [-0.39, 0.29) is 23.8 Å². The third kappa shape index (κ3) is 4.30. The minimum atomic E-state index is -0.137. The molecule has 5 nitrogen and oxygen atoms in total. The van der Waals surface area contributed by atoms with E-state index in [4.69, 9.17) is 4.74 Å². The molecule has 6 heteroatoms. The average molecular weight is 370 g/mol. The molecule has 0 radical (unpaired) electrons. The highest BCUT2D eigenvalue weighted by Gasteiger charge is 2.33. The fraction of sp³-hybridized carbons (Fsp3) is 0.500. The second-order valence-corrected chi connectivity index (χ2v) is 6.59. The van der Waals surface area contributed by atoms with Crippen LogP contribution >= 0.6 is 15.9 Å². The highest BCUT2D eigenvalue weighted by Crippen LogP contribution is 2.14. The van der Waals surface area contributed by atoms with E-state index in [1.54, 1.807) is 0 Å². The Hall–Kier alpha value is -1.40. The Morgan fingerprint density at radius 2 is 1.86 bits per heavy atom. The number of anilines is 1. The summed E-state index contributed by atoms with van der Waals surface area (Å²) in [6, 6.07) is 7.40. The Kier molecular flexibility index (Phi) is 5.97. The number of piperidine rings is 1. The lowest BCUT2D eigenvalue weighted by Crippen LogP contribution is -3.17. The second-order valence-electron chi connectivity index (χ2n) is 5.67. The summed E-state index contributed by atoms with van der Waals surface area (Å²) in [5.74, 6) is -0.143. The molecule has 1 saturated heterocycles. The molecule has 2 rings (SSSR count). The van der Waals surface area contributed by atoms with Gasteiger partial charge in [-0.3, -0.25) is 9.59 Å². The number of halogens is 1. The molecule has 0 saturated carbocycles. The third-order valence-electron chi connectivity index (χ3n) is 4.28. The number of benzene rings is 1. The standard InChI is InChI=1S/C16H21BrN2O3/c1-11(15(20)18-14-5-3-13(17)4-6-14)19-9-7-12(8-10-19)16(21)22-2/h3-6,11-12H,7-10H2,1-2H3,(H,18,20)/p+1/t11-/m1/s1. The van der Waals surface area contributed by atoms with E-state index in [1.807, 2.05) is 31.2 Å². The Bertz CT molecular complexity index is 525. The van der Waals surface area contributed by atoms with Gasteiger partial charge in [0.1, 0.15) is 0 Å². The van der Waals surface area contributed by atoms with Crippen LogP contribution in [-0.4, -0.2) is 38.1 Å². The van der Waals surface area contributed by atoms with Crippen molar-refractivity contribution in [2.24, 2.45) is 5.92 Å². The van der Waals surface area contributed by atoms with Crippen LogP contribution in [0, 0.1) is 5.92 Å². The van der Waals surface area contributed by atoms with Gasteiger partial charge in [-0.15, -0.1) is 0 Å². The van der Waals surface area contributed by atoms with Crippen molar-refractivity contribution < 1.29 is 19.2 Å². The third-order valence-corrected chi connectivity index (χ3v) is 4.81. The number of quaternary nitrogens is 1. The zero-order chi connectivity index (χ0) is 16.1. The number of amides is 1. The number of carbonyl (C=O) groups is 2. The van der Waals surface area contributed by atoms with E-state index in [1.165, 1.54) is 12.0 Å². The number of rotatable bonds is 4. The van der Waals surface area contributed by atoms with Gasteiger partial charge in [-0.05, 0) is 31.2 Å². The van der Waals surface area contributed by atoms with Crippen LogP contribution in [0.15, 0.2) is 28.7 Å². The summed E-state index contributed by atoms with van der Waals surface area (Å²) in [7, 11) is 1.43. The van der Waals surface area contributed by atoms with Gasteiger partial charge >= 0.3 is 5.97 Å². The molecule has 0 aliphatic carbocycles. The molecule has 0 aromatic heterocycles. The first-order chi connectivity index (χ1) is 10.5. The predicted octanol–water partition coefficient (Wildman–Crippen LogP) is 1.24. The van der Waals surface area contributed by atoms with Crippen molar-refractivity contribution >= 4 is 33.5 Å². The van der Waals surface area contributed by atoms with Crippen LogP contribution in [0.3, 0.4) is 0 Å². The number of carbonyl (C=O) groups excluding carboxylic acids is 2. The molecule has 1 atom stereocenters. The van der Waals surface area contributed by atoms with Gasteiger partial charge in [-0.25, -0.2) is 0 Å². The highest BCUT2D eigenvalue weighted by atomic mass is 79.9. The second kappa shape index (κ2) is 7.74. The summed E-state index contributed by atoms with van der Waals surface area (Å²) >= 11 is 3.37. The average Bonchev–Trinajstić information content (AvgIpc) is 2.55. The first kappa shape index (κ1) is 17.0. The molecule has 0 bridgehead atoms. The molecule has 1 fully saturated rings. The van der Waals surface area contributed by atoms with E-state index in [0.717, 1.165) is 36.1 Å². The highest BCUT2D eigenvalue weighted by molar-refractivity contribution is 9.10. The maximum absolute atomic E-state index is 12.3. The van der Waals surface area contributed by atoms with Gasteiger partial charge in [-0.1, -0.05) is 15.9 Å². The molecule has 1 heterocycles. The molecule has 120 valence electrons. The van der Waals surface area contributed by atoms with Gasteiger partial charge in [0.05, 0.1) is 26.1 Å². The summed E-state index contributed by atoms with van der Waals surface area (Å²) in [6.07, 6.45) is 1.55. The van der Waals surface area contributed by atoms with Crippen molar-refractivity contribution in [3.05, 3.63) is 28.7 Å². The van der Waals surface area contributed by atoms with Crippen LogP contribution in [0.1, 0.15) is 19.8 Å². The molecule has 1 aliphatic rings. The summed E-state index contributed by atoms with van der Waals surface area (Å²) in [5, 5.41) is 2.94. The summed E-state index contributed by atoms with van der Waals surface area (Å²) in [5.41, 5.74) is 0.795. The first-order valence-corrected chi connectivity index (χ1v) is 8.29. The molecule has 1 aromatic rings. The minimum Gasteiger partial charge on any atom is -0.469 e. The van der Waals surface area contributed by atoms with Crippen molar-refractivity contribution in [3.8, 4) is 0 Å². The first-order valence-electron chi connectivity index (χ1n) is 7.50. The lowest BCUT2D eigenvalue weighted by molar-refractivity contribution is -0.919. The Balaban J connectivity index is 1.86. The summed E-state index contributed by atoms with van der Waals surface area (Å²) < 4.78 is 5.77. The van der Waals surface area contributed by atoms with Crippen LogP contribution < -0.4 is 10.2 Å². The smallest absolute Gasteiger partial charge is 0.309 e. The Morgan fingerprint density at radius 3 is 2.41 bits per heavy atom. The van der Waals surface area contributed by atoms with Crippen LogP contribution in [0.2, 0.25) is 0 Å². The normalized spacial score (nSPS) is 22.7. The molecule has 22 heavy (non-hydrogen) atoms. The topological polar surface area (TPSA) is 59.8 Å². The SMILES string of the molecule is COC(=O)C1CC[NH+]([C@H](C)C(=O)Nc2ccc(Br)cc2)CC1. The molecular formula is C16H22BrN2O3+. The number of likely N-dealkylation sites (tertiary alicyclic amines) is 1. The lowest BCUT2D eigenvalue weighted by Gasteiger charge is -2.31. The number of esters is 1. The van der Waals surface area contributed by atoms with E-state index in [2.05, 4.69) is 21.2 Å². The minimum absolute atomic E-state index is 0.00819. The van der Waals surface area contributed by atoms with E-state index in [0.29, 0.717) is 0 Å². The molecular weight excluding hydrogens is 348 g/mol. The number of nitrogens with one attached hydrogen (secondary N) is 2. The Labute approximate surface area is 139 Å². The fourth-order valence-corrected chi connectivity index (χ4v) is 3.06. The molecule has 2 N–H and O–H groups in total. The summed E-state index contributed by atoms with van der Waals surface area (Å²) in [6.45, 7) is 3.56. The Morgan fingerprint density at radius 1 is 1.27 bits per heavy atom. The fourth-order valence-electron chi connectivity index (χ4n) is 2.79. The van der Waals surface area contributed by atoms with Crippen molar-refractivity contribution in [1.82, 2.24) is 0 Å². The lowest BCUT2D eigenvalue weighted by atomic mass is 9.96. The predicted molar refractivity (Wildman–Crippen MR) is 87.7 cm³/mol. The largest absolute Gasteiger partial charge is 0.469 e. The van der Waals surface area contributed by atoms with Crippen molar-refractivity contribution in [1.29, 1.82) is 0 Å². The van der Waals surface area contributed by atoms with E-state index < -0.39 is 0 Å².